The minimum atomic E-state index is -0.953. The molecule has 0 aliphatic rings. The van der Waals surface area contributed by atoms with Crippen molar-refractivity contribution in [2.24, 2.45) is 5.92 Å². The summed E-state index contributed by atoms with van der Waals surface area (Å²) < 4.78 is 11.0. The average molecular weight is 522 g/mol. The number of H-pyrrole nitrogens is 1. The number of nitrogens with one attached hydrogen (secondary N) is 3. The molecule has 204 valence electrons. The number of hydrogen-bond acceptors (Lipinski definition) is 5. The van der Waals surface area contributed by atoms with Crippen molar-refractivity contribution in [3.05, 3.63) is 71.9 Å². The van der Waals surface area contributed by atoms with E-state index >= 15 is 0 Å². The zero-order valence-electron chi connectivity index (χ0n) is 22.9. The van der Waals surface area contributed by atoms with Gasteiger partial charge in [-0.2, -0.15) is 0 Å². The third-order valence-corrected chi connectivity index (χ3v) is 6.27. The lowest BCUT2D eigenvalue weighted by atomic mass is 9.98. The summed E-state index contributed by atoms with van der Waals surface area (Å²) in [7, 11) is 0. The molecule has 0 spiro atoms. The maximum atomic E-state index is 13.5. The molecule has 0 radical (unpaired) electrons. The zero-order valence-corrected chi connectivity index (χ0v) is 22.9. The van der Waals surface area contributed by atoms with Gasteiger partial charge in [-0.25, -0.2) is 9.59 Å². The molecule has 3 atom stereocenters. The SMILES string of the molecule is CC[C@@H](C)C[C@H](NC(=O)OC(C)(C)C)C(=O)NC(Cc1c[nH]c2ccccc12)C(=O)OCc1ccccc1. The van der Waals surface area contributed by atoms with Gasteiger partial charge in [-0.3, -0.25) is 4.79 Å². The van der Waals surface area contributed by atoms with Crippen LogP contribution in [0.1, 0.15) is 58.6 Å². The highest BCUT2D eigenvalue weighted by Crippen LogP contribution is 2.20. The largest absolute Gasteiger partial charge is 0.459 e. The van der Waals surface area contributed by atoms with E-state index in [2.05, 4.69) is 15.6 Å². The van der Waals surface area contributed by atoms with Gasteiger partial charge in [-0.1, -0.05) is 68.8 Å². The van der Waals surface area contributed by atoms with E-state index in [9.17, 15) is 14.4 Å². The minimum Gasteiger partial charge on any atom is -0.459 e. The van der Waals surface area contributed by atoms with Gasteiger partial charge < -0.3 is 25.1 Å². The molecule has 0 saturated heterocycles. The zero-order chi connectivity index (χ0) is 27.7. The number of benzene rings is 2. The maximum absolute atomic E-state index is 13.5. The van der Waals surface area contributed by atoms with Crippen LogP contribution >= 0.6 is 0 Å². The summed E-state index contributed by atoms with van der Waals surface area (Å²) in [5.41, 5.74) is 1.95. The number of esters is 1. The molecule has 0 bridgehead atoms. The number of hydrogen-bond donors (Lipinski definition) is 3. The summed E-state index contributed by atoms with van der Waals surface area (Å²) in [4.78, 5) is 42.5. The van der Waals surface area contributed by atoms with Gasteiger partial charge in [0.25, 0.3) is 0 Å². The van der Waals surface area contributed by atoms with Gasteiger partial charge in [0, 0.05) is 23.5 Å². The first-order valence-electron chi connectivity index (χ1n) is 13.1. The van der Waals surface area contributed by atoms with Gasteiger partial charge in [-0.05, 0) is 50.3 Å². The van der Waals surface area contributed by atoms with Gasteiger partial charge >= 0.3 is 12.1 Å². The number of carbonyl (C=O) groups is 3. The van der Waals surface area contributed by atoms with Crippen LogP contribution in [0.25, 0.3) is 10.9 Å². The standard InChI is InChI=1S/C30H39N3O5/c1-6-20(2)16-25(33-29(36)38-30(3,4)5)27(34)32-26(28(35)37-19-21-12-8-7-9-13-21)17-22-18-31-24-15-11-10-14-23(22)24/h7-15,18,20,25-26,31H,6,16-17,19H2,1-5H3,(H,32,34)(H,33,36)/t20-,25+,26?/m1/s1. The number of aromatic nitrogens is 1. The Hall–Kier alpha value is -3.81. The highest BCUT2D eigenvalue weighted by Gasteiger charge is 2.30. The van der Waals surface area contributed by atoms with Crippen molar-refractivity contribution in [2.45, 2.75) is 78.2 Å². The molecule has 8 nitrogen and oxygen atoms in total. The molecule has 1 aromatic heterocycles. The summed E-state index contributed by atoms with van der Waals surface area (Å²) in [6, 6.07) is 15.3. The van der Waals surface area contributed by atoms with E-state index in [4.69, 9.17) is 9.47 Å². The van der Waals surface area contributed by atoms with Crippen molar-refractivity contribution in [3.63, 3.8) is 0 Å². The first-order chi connectivity index (χ1) is 18.1. The lowest BCUT2D eigenvalue weighted by Crippen LogP contribution is -2.53. The van der Waals surface area contributed by atoms with Gasteiger partial charge in [0.2, 0.25) is 5.91 Å². The second kappa shape index (κ2) is 13.1. The van der Waals surface area contributed by atoms with Crippen LogP contribution in [0.2, 0.25) is 0 Å². The lowest BCUT2D eigenvalue weighted by Gasteiger charge is -2.26. The van der Waals surface area contributed by atoms with E-state index in [0.29, 0.717) is 6.42 Å². The molecule has 2 amide bonds. The monoisotopic (exact) mass is 521 g/mol. The number of rotatable bonds is 11. The van der Waals surface area contributed by atoms with E-state index in [1.807, 2.05) is 74.6 Å². The van der Waals surface area contributed by atoms with Crippen LogP contribution in [0.5, 0.6) is 0 Å². The molecule has 3 rings (SSSR count). The number of fused-ring (bicyclic) bond motifs is 1. The van der Waals surface area contributed by atoms with Crippen molar-refractivity contribution < 1.29 is 23.9 Å². The Bertz CT molecular complexity index is 1220. The van der Waals surface area contributed by atoms with Crippen molar-refractivity contribution in [1.29, 1.82) is 0 Å². The van der Waals surface area contributed by atoms with Gasteiger partial charge in [0.1, 0.15) is 24.3 Å². The third kappa shape index (κ3) is 8.64. The Kier molecular flexibility index (Phi) is 9.93. The Labute approximate surface area is 224 Å². The second-order valence-electron chi connectivity index (χ2n) is 10.7. The molecule has 0 saturated carbocycles. The fraction of sp³-hybridized carbons (Fsp3) is 0.433. The average Bonchev–Trinajstić information content (AvgIpc) is 3.28. The van der Waals surface area contributed by atoms with Crippen molar-refractivity contribution >= 4 is 28.9 Å². The van der Waals surface area contributed by atoms with Gasteiger partial charge in [-0.15, -0.1) is 0 Å². The van der Waals surface area contributed by atoms with Crippen LogP contribution in [0.15, 0.2) is 60.8 Å². The van der Waals surface area contributed by atoms with Crippen LogP contribution in [-0.4, -0.2) is 40.6 Å². The minimum absolute atomic E-state index is 0.0897. The third-order valence-electron chi connectivity index (χ3n) is 6.27. The fourth-order valence-electron chi connectivity index (χ4n) is 4.07. The molecule has 3 aromatic rings. The normalized spacial score (nSPS) is 13.8. The number of ether oxygens (including phenoxy) is 2. The number of alkyl carbamates (subject to hydrolysis) is 1. The molecule has 1 unspecified atom stereocenters. The molecule has 8 heteroatoms. The van der Waals surface area contributed by atoms with Crippen LogP contribution < -0.4 is 10.6 Å². The Morgan fingerprint density at radius 2 is 1.63 bits per heavy atom. The Morgan fingerprint density at radius 1 is 0.947 bits per heavy atom. The molecular formula is C30H39N3O5. The first kappa shape index (κ1) is 28.8. The van der Waals surface area contributed by atoms with E-state index < -0.39 is 35.7 Å². The highest BCUT2D eigenvalue weighted by atomic mass is 16.6. The smallest absolute Gasteiger partial charge is 0.408 e. The summed E-state index contributed by atoms with van der Waals surface area (Å²) in [5, 5.41) is 6.52. The lowest BCUT2D eigenvalue weighted by molar-refractivity contribution is -0.149. The molecule has 0 fully saturated rings. The fourth-order valence-corrected chi connectivity index (χ4v) is 4.07. The molecule has 0 aliphatic heterocycles. The van der Waals surface area contributed by atoms with Gasteiger partial charge in [0.15, 0.2) is 0 Å². The van der Waals surface area contributed by atoms with Crippen LogP contribution in [0.3, 0.4) is 0 Å². The molecular weight excluding hydrogens is 482 g/mol. The summed E-state index contributed by atoms with van der Waals surface area (Å²) in [5.74, 6) is -0.845. The van der Waals surface area contributed by atoms with E-state index in [1.54, 1.807) is 20.8 Å². The number of amides is 2. The second-order valence-corrected chi connectivity index (χ2v) is 10.7. The molecule has 3 N–H and O–H groups in total. The summed E-state index contributed by atoms with van der Waals surface area (Å²) in [6.45, 7) is 9.40. The number of aromatic amines is 1. The van der Waals surface area contributed by atoms with Crippen molar-refractivity contribution in [1.82, 2.24) is 15.6 Å². The maximum Gasteiger partial charge on any atom is 0.408 e. The molecule has 0 aliphatic carbocycles. The topological polar surface area (TPSA) is 110 Å². The van der Waals surface area contributed by atoms with E-state index in [1.165, 1.54) is 0 Å². The molecule has 1 heterocycles. The molecule has 38 heavy (non-hydrogen) atoms. The van der Waals surface area contributed by atoms with Crippen LogP contribution in [0.4, 0.5) is 4.79 Å². The Morgan fingerprint density at radius 3 is 2.32 bits per heavy atom. The van der Waals surface area contributed by atoms with Crippen molar-refractivity contribution in [3.8, 4) is 0 Å². The van der Waals surface area contributed by atoms with E-state index in [0.717, 1.165) is 28.5 Å². The molecule has 2 aromatic carbocycles. The summed E-state index contributed by atoms with van der Waals surface area (Å²) >= 11 is 0. The predicted octanol–water partition coefficient (Wildman–Crippen LogP) is 5.27. The number of carbonyl (C=O) groups excluding carboxylic acids is 3. The van der Waals surface area contributed by atoms with Crippen molar-refractivity contribution in [2.75, 3.05) is 0 Å². The quantitative estimate of drug-likeness (QED) is 0.298. The summed E-state index contributed by atoms with van der Waals surface area (Å²) in [6.07, 6.45) is 2.62. The van der Waals surface area contributed by atoms with E-state index in [-0.39, 0.29) is 18.9 Å². The number of para-hydroxylation sites is 1. The van der Waals surface area contributed by atoms with Crippen LogP contribution in [-0.2, 0) is 32.1 Å². The predicted molar refractivity (Wildman–Crippen MR) is 147 cm³/mol. The van der Waals surface area contributed by atoms with Gasteiger partial charge in [0.05, 0.1) is 0 Å². The first-order valence-corrected chi connectivity index (χ1v) is 13.1. The highest BCUT2D eigenvalue weighted by molar-refractivity contribution is 5.90. The van der Waals surface area contributed by atoms with Crippen LogP contribution in [0, 0.1) is 5.92 Å². The Balaban J connectivity index is 1.80.